The summed E-state index contributed by atoms with van der Waals surface area (Å²) in [5.41, 5.74) is 2.39. The number of benzene rings is 3. The zero-order valence-electron chi connectivity index (χ0n) is 21.2. The van der Waals surface area contributed by atoms with Crippen molar-refractivity contribution in [1.82, 2.24) is 15.1 Å². The molecule has 9 nitrogen and oxygen atoms in total. The predicted molar refractivity (Wildman–Crippen MR) is 139 cm³/mol. The standard InChI is InChI=1S/C29H28FN3O6/c1-19-7-9-22(10-8-19)28(37)32-15-16-33(29(38)39-18-20-5-3-2-4-6-20)27(32)26(36)31-24(17-25(34)35)21-11-13-23(30)14-12-21/h2-14,24,27H,15-18H2,1H3,(H,31,36)(H,34,35). The van der Waals surface area contributed by atoms with Gasteiger partial charge in [-0.2, -0.15) is 0 Å². The van der Waals surface area contributed by atoms with Crippen LogP contribution < -0.4 is 5.32 Å². The Morgan fingerprint density at radius 2 is 1.59 bits per heavy atom. The lowest BCUT2D eigenvalue weighted by Crippen LogP contribution is -2.54. The largest absolute Gasteiger partial charge is 0.481 e. The molecule has 1 fully saturated rings. The SMILES string of the molecule is Cc1ccc(C(=O)N2CCN(C(=O)OCc3ccccc3)C2C(=O)NC(CC(=O)O)c2ccc(F)cc2)cc1. The molecule has 0 saturated carbocycles. The van der Waals surface area contributed by atoms with E-state index in [4.69, 9.17) is 4.74 Å². The van der Waals surface area contributed by atoms with Crippen molar-refractivity contribution in [1.29, 1.82) is 0 Å². The van der Waals surface area contributed by atoms with Crippen molar-refractivity contribution in [2.45, 2.75) is 32.2 Å². The van der Waals surface area contributed by atoms with Crippen molar-refractivity contribution in [3.63, 3.8) is 0 Å². The zero-order chi connectivity index (χ0) is 27.9. The molecule has 3 aromatic carbocycles. The fourth-order valence-electron chi connectivity index (χ4n) is 4.35. The lowest BCUT2D eigenvalue weighted by atomic mass is 10.0. The summed E-state index contributed by atoms with van der Waals surface area (Å²) in [6.07, 6.45) is -2.68. The molecule has 1 heterocycles. The van der Waals surface area contributed by atoms with E-state index in [2.05, 4.69) is 5.32 Å². The number of ether oxygens (including phenoxy) is 1. The van der Waals surface area contributed by atoms with E-state index < -0.39 is 48.3 Å². The summed E-state index contributed by atoms with van der Waals surface area (Å²) in [7, 11) is 0. The Bertz CT molecular complexity index is 1330. The average Bonchev–Trinajstić information content (AvgIpc) is 3.38. The maximum absolute atomic E-state index is 13.6. The summed E-state index contributed by atoms with van der Waals surface area (Å²) in [5.74, 6) is -2.94. The number of hydrogen-bond donors (Lipinski definition) is 2. The third-order valence-corrected chi connectivity index (χ3v) is 6.37. The van der Waals surface area contributed by atoms with Crippen LogP contribution in [-0.2, 0) is 20.9 Å². The maximum atomic E-state index is 13.6. The van der Waals surface area contributed by atoms with Gasteiger partial charge in [-0.15, -0.1) is 0 Å². The Hall–Kier alpha value is -4.73. The van der Waals surface area contributed by atoms with E-state index in [9.17, 15) is 28.7 Å². The quantitative estimate of drug-likeness (QED) is 0.454. The van der Waals surface area contributed by atoms with E-state index in [0.717, 1.165) is 28.2 Å². The molecule has 0 spiro atoms. The number of carboxylic acid groups (broad SMARTS) is 1. The lowest BCUT2D eigenvalue weighted by Gasteiger charge is -2.30. The molecular formula is C29H28FN3O6. The van der Waals surface area contributed by atoms with Crippen LogP contribution >= 0.6 is 0 Å². The summed E-state index contributed by atoms with van der Waals surface area (Å²) in [6.45, 7) is 1.94. The number of nitrogens with one attached hydrogen (secondary N) is 1. The van der Waals surface area contributed by atoms with Crippen molar-refractivity contribution in [3.05, 3.63) is 107 Å². The second-order valence-electron chi connectivity index (χ2n) is 9.18. The summed E-state index contributed by atoms with van der Waals surface area (Å²) >= 11 is 0. The van der Waals surface area contributed by atoms with Gasteiger partial charge in [0.2, 0.25) is 0 Å². The van der Waals surface area contributed by atoms with Crippen molar-refractivity contribution in [2.75, 3.05) is 13.1 Å². The Balaban J connectivity index is 1.60. The number of hydrogen-bond acceptors (Lipinski definition) is 5. The van der Waals surface area contributed by atoms with Gasteiger partial charge in [-0.1, -0.05) is 60.2 Å². The number of halogens is 1. The first kappa shape index (κ1) is 27.3. The molecule has 3 aromatic rings. The summed E-state index contributed by atoms with van der Waals surface area (Å²) in [5, 5.41) is 12.1. The summed E-state index contributed by atoms with van der Waals surface area (Å²) in [4.78, 5) is 54.1. The van der Waals surface area contributed by atoms with Crippen molar-refractivity contribution < 1.29 is 33.4 Å². The molecule has 0 radical (unpaired) electrons. The Morgan fingerprint density at radius 3 is 2.23 bits per heavy atom. The number of rotatable bonds is 8. The minimum atomic E-state index is -1.39. The van der Waals surface area contributed by atoms with Crippen LogP contribution in [0.25, 0.3) is 0 Å². The number of nitrogens with zero attached hydrogens (tertiary/aromatic N) is 2. The van der Waals surface area contributed by atoms with E-state index in [0.29, 0.717) is 11.1 Å². The minimum absolute atomic E-state index is 0.0312. The van der Waals surface area contributed by atoms with E-state index in [1.54, 1.807) is 48.5 Å². The van der Waals surface area contributed by atoms with Gasteiger partial charge in [0, 0.05) is 18.7 Å². The molecular weight excluding hydrogens is 505 g/mol. The molecule has 0 aliphatic carbocycles. The van der Waals surface area contributed by atoms with Gasteiger partial charge in [0.25, 0.3) is 11.8 Å². The summed E-state index contributed by atoms with van der Waals surface area (Å²) in [6, 6.07) is 19.8. The molecule has 202 valence electrons. The fourth-order valence-corrected chi connectivity index (χ4v) is 4.35. The number of carbonyl (C=O) groups is 4. The second kappa shape index (κ2) is 12.2. The van der Waals surface area contributed by atoms with Gasteiger partial charge in [0.1, 0.15) is 12.4 Å². The average molecular weight is 534 g/mol. The molecule has 2 atom stereocenters. The van der Waals surface area contributed by atoms with Crippen LogP contribution in [0.15, 0.2) is 78.9 Å². The third kappa shape index (κ3) is 6.78. The number of carbonyl (C=O) groups excluding carboxylic acids is 3. The lowest BCUT2D eigenvalue weighted by molar-refractivity contribution is -0.138. The van der Waals surface area contributed by atoms with Gasteiger partial charge in [-0.3, -0.25) is 19.3 Å². The van der Waals surface area contributed by atoms with Crippen LogP contribution in [-0.4, -0.2) is 58.0 Å². The molecule has 2 N–H and O–H groups in total. The van der Waals surface area contributed by atoms with E-state index >= 15 is 0 Å². The van der Waals surface area contributed by atoms with Crippen LogP contribution in [0.5, 0.6) is 0 Å². The third-order valence-electron chi connectivity index (χ3n) is 6.37. The van der Waals surface area contributed by atoms with Gasteiger partial charge in [0.15, 0.2) is 6.17 Å². The van der Waals surface area contributed by atoms with Crippen molar-refractivity contribution in [2.24, 2.45) is 0 Å². The van der Waals surface area contributed by atoms with Gasteiger partial charge in [0.05, 0.1) is 12.5 Å². The summed E-state index contributed by atoms with van der Waals surface area (Å²) < 4.78 is 18.9. The van der Waals surface area contributed by atoms with Gasteiger partial charge >= 0.3 is 12.1 Å². The minimum Gasteiger partial charge on any atom is -0.481 e. The number of carboxylic acids is 1. The topological polar surface area (TPSA) is 116 Å². The number of aliphatic carboxylic acids is 1. The normalized spacial score (nSPS) is 15.5. The molecule has 1 aliphatic rings. The van der Waals surface area contributed by atoms with Crippen LogP contribution in [0.3, 0.4) is 0 Å². The molecule has 4 rings (SSSR count). The second-order valence-corrected chi connectivity index (χ2v) is 9.18. The van der Waals surface area contributed by atoms with Crippen molar-refractivity contribution >= 4 is 23.9 Å². The first-order valence-electron chi connectivity index (χ1n) is 12.4. The molecule has 1 saturated heterocycles. The van der Waals surface area contributed by atoms with Gasteiger partial charge in [-0.05, 0) is 42.3 Å². The highest BCUT2D eigenvalue weighted by molar-refractivity contribution is 5.99. The van der Waals surface area contributed by atoms with E-state index in [1.807, 2.05) is 13.0 Å². The zero-order valence-corrected chi connectivity index (χ0v) is 21.2. The van der Waals surface area contributed by atoms with Crippen molar-refractivity contribution in [3.8, 4) is 0 Å². The first-order chi connectivity index (χ1) is 18.7. The highest BCUT2D eigenvalue weighted by Gasteiger charge is 2.44. The molecule has 3 amide bonds. The van der Waals surface area contributed by atoms with Gasteiger partial charge in [-0.25, -0.2) is 9.18 Å². The van der Waals surface area contributed by atoms with Crippen LogP contribution in [0, 0.1) is 12.7 Å². The first-order valence-corrected chi connectivity index (χ1v) is 12.4. The van der Waals surface area contributed by atoms with E-state index in [1.165, 1.54) is 17.0 Å². The van der Waals surface area contributed by atoms with E-state index in [-0.39, 0.29) is 19.7 Å². The molecule has 0 bridgehead atoms. The number of aryl methyl sites for hydroxylation is 1. The smallest absolute Gasteiger partial charge is 0.412 e. The van der Waals surface area contributed by atoms with Crippen LogP contribution in [0.2, 0.25) is 0 Å². The molecule has 10 heteroatoms. The maximum Gasteiger partial charge on any atom is 0.412 e. The molecule has 2 unspecified atom stereocenters. The molecule has 39 heavy (non-hydrogen) atoms. The Labute approximate surface area is 224 Å². The Morgan fingerprint density at radius 1 is 0.949 bits per heavy atom. The fraction of sp³-hybridized carbons (Fsp3) is 0.241. The monoisotopic (exact) mass is 533 g/mol. The van der Waals surface area contributed by atoms with Crippen LogP contribution in [0.1, 0.15) is 39.5 Å². The predicted octanol–water partition coefficient (Wildman–Crippen LogP) is 3.89. The number of amides is 3. The highest BCUT2D eigenvalue weighted by atomic mass is 19.1. The molecule has 1 aliphatic heterocycles. The highest BCUT2D eigenvalue weighted by Crippen LogP contribution is 2.23. The van der Waals surface area contributed by atoms with Gasteiger partial charge < -0.3 is 20.1 Å². The Kier molecular flexibility index (Phi) is 8.55. The van der Waals surface area contributed by atoms with Crippen LogP contribution in [0.4, 0.5) is 9.18 Å². The molecule has 0 aromatic heterocycles.